The van der Waals surface area contributed by atoms with Crippen LogP contribution in [0, 0.1) is 10.2 Å². The Kier molecular flexibility index (Phi) is 8.42. The molecule has 2 N–H and O–H groups in total. The predicted octanol–water partition coefficient (Wildman–Crippen LogP) is -1.38. The summed E-state index contributed by atoms with van der Waals surface area (Å²) < 4.78 is 59.1. The summed E-state index contributed by atoms with van der Waals surface area (Å²) in [5.41, 5.74) is 4.33. The Hall–Kier alpha value is -2.03. The molecule has 174 valence electrons. The van der Waals surface area contributed by atoms with Crippen LogP contribution in [0.15, 0.2) is 46.8 Å². The summed E-state index contributed by atoms with van der Waals surface area (Å²) >= 11 is 0.986. The first-order valence-electron chi connectivity index (χ1n) is 9.32. The number of aromatic nitrogens is 3. The molecule has 32 heavy (non-hydrogen) atoms. The fourth-order valence-electron chi connectivity index (χ4n) is 2.91. The quantitative estimate of drug-likeness (QED) is 0.414. The normalized spacial score (nSPS) is 12.1. The smallest absolute Gasteiger partial charge is 0.222 e. The van der Waals surface area contributed by atoms with Gasteiger partial charge >= 0.3 is 5.13 Å². The summed E-state index contributed by atoms with van der Waals surface area (Å²) in [6.45, 7) is 8.41. The van der Waals surface area contributed by atoms with Gasteiger partial charge in [0, 0.05) is 11.8 Å². The number of pyridine rings is 1. The zero-order valence-corrected chi connectivity index (χ0v) is 20.1. The van der Waals surface area contributed by atoms with E-state index in [-0.39, 0.29) is 16.2 Å². The summed E-state index contributed by atoms with van der Waals surface area (Å²) in [6, 6.07) is 14.5. The number of benzene rings is 1. The maximum Gasteiger partial charge on any atom is 0.416 e. The molecule has 0 aliphatic rings. The second-order valence-electron chi connectivity index (χ2n) is 7.38. The number of hydrogen-bond acceptors (Lipinski definition) is 9. The van der Waals surface area contributed by atoms with Gasteiger partial charge in [0.25, 0.3) is 14.4 Å². The lowest BCUT2D eigenvalue weighted by atomic mass is 9.97. The van der Waals surface area contributed by atoms with E-state index in [1.54, 1.807) is 0 Å². The van der Waals surface area contributed by atoms with Crippen molar-refractivity contribution in [2.24, 2.45) is 5.14 Å². The third kappa shape index (κ3) is 7.25. The van der Waals surface area contributed by atoms with E-state index >= 15 is 0 Å². The molecule has 0 saturated carbocycles. The van der Waals surface area contributed by atoms with Gasteiger partial charge in [0.15, 0.2) is 0 Å². The van der Waals surface area contributed by atoms with Gasteiger partial charge in [-0.05, 0) is 39.7 Å². The van der Waals surface area contributed by atoms with Crippen molar-refractivity contribution in [3.8, 4) is 16.3 Å². The number of primary sulfonamides is 1. The van der Waals surface area contributed by atoms with Crippen molar-refractivity contribution >= 4 is 21.4 Å². The zero-order valence-electron chi connectivity index (χ0n) is 17.8. The van der Waals surface area contributed by atoms with Gasteiger partial charge < -0.3 is 0 Å². The minimum Gasteiger partial charge on any atom is -0.222 e. The van der Waals surface area contributed by atoms with E-state index in [2.05, 4.69) is 62.2 Å². The molecule has 0 spiro atoms. The second kappa shape index (κ2) is 10.3. The Labute approximate surface area is 192 Å². The Morgan fingerprint density at radius 3 is 1.75 bits per heavy atom. The average Bonchev–Trinajstić information content (AvgIpc) is 3.16. The molecule has 0 fully saturated rings. The van der Waals surface area contributed by atoms with Crippen LogP contribution in [-0.4, -0.2) is 18.6 Å². The summed E-state index contributed by atoms with van der Waals surface area (Å²) in [6.07, 6.45) is 0. The number of sulfonamides is 1. The minimum atomic E-state index is -4.94. The van der Waals surface area contributed by atoms with Crippen LogP contribution >= 0.6 is 11.3 Å². The number of rotatable bonds is 5. The Morgan fingerprint density at radius 1 is 0.906 bits per heavy atom. The van der Waals surface area contributed by atoms with E-state index in [9.17, 15) is 8.42 Å². The van der Waals surface area contributed by atoms with Crippen molar-refractivity contribution < 1.29 is 41.9 Å². The Morgan fingerprint density at radius 2 is 1.38 bits per heavy atom. The van der Waals surface area contributed by atoms with Crippen molar-refractivity contribution in [2.75, 3.05) is 0 Å². The fourth-order valence-corrected chi connectivity index (χ4v) is 4.38. The molecule has 0 atom stereocenters. The van der Waals surface area contributed by atoms with Crippen LogP contribution in [0.1, 0.15) is 50.9 Å². The average molecular weight is 503 g/mol. The third-order valence-electron chi connectivity index (χ3n) is 4.24. The molecule has 0 aliphatic carbocycles. The number of nitrogens with zero attached hydrogens (tertiary/aromatic N) is 3. The molecule has 3 aromatic rings. The summed E-state index contributed by atoms with van der Waals surface area (Å²) in [7, 11) is -8.82. The van der Waals surface area contributed by atoms with Crippen molar-refractivity contribution in [3.05, 3.63) is 53.9 Å². The molecule has 0 bridgehead atoms. The molecule has 1 aromatic carbocycles. The van der Waals surface area contributed by atoms with Crippen LogP contribution in [0.25, 0.3) is 16.3 Å². The minimum absolute atomic E-state index is 0.179. The van der Waals surface area contributed by atoms with Gasteiger partial charge in [-0.2, -0.15) is 4.57 Å². The predicted molar refractivity (Wildman–Crippen MR) is 106 cm³/mol. The van der Waals surface area contributed by atoms with Gasteiger partial charge in [-0.15, -0.1) is 10.2 Å². The lowest BCUT2D eigenvalue weighted by Crippen LogP contribution is -2.68. The van der Waals surface area contributed by atoms with E-state index in [1.807, 2.05) is 22.8 Å². The van der Waals surface area contributed by atoms with Crippen molar-refractivity contribution in [1.82, 2.24) is 10.2 Å². The molecule has 0 amide bonds. The van der Waals surface area contributed by atoms with Gasteiger partial charge in [-0.1, -0.05) is 58.0 Å². The molecular weight excluding hydrogens is 480 g/mol. The van der Waals surface area contributed by atoms with Gasteiger partial charge in [0.1, 0.15) is 11.4 Å². The van der Waals surface area contributed by atoms with Crippen LogP contribution in [0.3, 0.4) is 0 Å². The Balaban J connectivity index is 0.000000654. The van der Waals surface area contributed by atoms with Crippen LogP contribution in [-0.2, 0) is 10.0 Å². The molecule has 0 radical (unpaired) electrons. The number of halogens is 1. The van der Waals surface area contributed by atoms with Gasteiger partial charge in [-0.25, -0.2) is 32.2 Å². The van der Waals surface area contributed by atoms with E-state index in [1.165, 1.54) is 0 Å². The van der Waals surface area contributed by atoms with E-state index in [4.69, 9.17) is 23.8 Å². The topological polar surface area (TPSA) is 182 Å². The summed E-state index contributed by atoms with van der Waals surface area (Å²) in [5.74, 6) is 0.404. The van der Waals surface area contributed by atoms with Crippen molar-refractivity contribution in [3.63, 3.8) is 0 Å². The first-order chi connectivity index (χ1) is 14.7. The van der Waals surface area contributed by atoms with E-state index in [0.717, 1.165) is 33.9 Å². The lowest BCUT2D eigenvalue weighted by Gasteiger charge is -2.17. The van der Waals surface area contributed by atoms with Crippen molar-refractivity contribution in [1.29, 1.82) is 0 Å². The molecule has 10 nitrogen and oxygen atoms in total. The number of hydrogen-bond donors (Lipinski definition) is 1. The molecule has 0 saturated heterocycles. The van der Waals surface area contributed by atoms with Crippen LogP contribution in [0.2, 0.25) is 0 Å². The third-order valence-corrected chi connectivity index (χ3v) is 6.46. The lowest BCUT2D eigenvalue weighted by molar-refractivity contribution is -2.00. The van der Waals surface area contributed by atoms with Gasteiger partial charge in [0.2, 0.25) is 0 Å². The molecule has 0 unspecified atom stereocenters. The van der Waals surface area contributed by atoms with Crippen molar-refractivity contribution in [2.45, 2.75) is 43.9 Å². The first-order valence-corrected chi connectivity index (χ1v) is 12.9. The maximum absolute atomic E-state index is 11.6. The highest BCUT2D eigenvalue weighted by Gasteiger charge is 2.29. The standard InChI is InChI=1S/C19H23N4O2S2.ClHO4/c1-12(2)16-10-15(14-8-6-5-7-9-14)11-17(13(3)4)23(16)18-21-22-19(26-18)27(20,24)25;2-1(3,4)5/h5-13H,1-4H3,(H2,20,24,25);(H,2,3,4,5)/q+1;/p-1. The van der Waals surface area contributed by atoms with Crippen LogP contribution in [0.5, 0.6) is 0 Å². The largest absolute Gasteiger partial charge is 0.416 e. The maximum atomic E-state index is 11.6. The molecule has 2 aromatic heterocycles. The van der Waals surface area contributed by atoms with Crippen LogP contribution < -0.4 is 28.3 Å². The monoisotopic (exact) mass is 502 g/mol. The first kappa shape index (κ1) is 26.2. The number of nitrogens with two attached hydrogens (primary N) is 1. The zero-order chi connectivity index (χ0) is 24.3. The Bertz CT molecular complexity index is 1130. The molecule has 13 heteroatoms. The molecule has 0 aliphatic heterocycles. The second-order valence-corrected chi connectivity index (χ2v) is 10.8. The highest BCUT2D eigenvalue weighted by atomic mass is 35.7. The highest BCUT2D eigenvalue weighted by Crippen LogP contribution is 2.28. The van der Waals surface area contributed by atoms with Gasteiger partial charge in [0.05, 0.1) is 5.10 Å². The highest BCUT2D eigenvalue weighted by molar-refractivity contribution is 7.91. The summed E-state index contributed by atoms with van der Waals surface area (Å²) in [4.78, 5) is 0. The molecular formula is C19H23ClN4O6S2. The van der Waals surface area contributed by atoms with Gasteiger partial charge in [-0.3, -0.25) is 0 Å². The van der Waals surface area contributed by atoms with Crippen LogP contribution in [0.4, 0.5) is 0 Å². The molecule has 2 heterocycles. The van der Waals surface area contributed by atoms with E-state index in [0.29, 0.717) is 5.13 Å². The summed E-state index contributed by atoms with van der Waals surface area (Å²) in [5, 5.41) is 13.6. The fraction of sp³-hybridized carbons (Fsp3) is 0.316. The molecule has 3 rings (SSSR count). The SMILES string of the molecule is CC(C)c1cc(-c2ccccc2)cc(C(C)C)[n+]1-c1nnc(S(N)(=O)=O)s1.[O-][Cl+3]([O-])([O-])[O-]. The van der Waals surface area contributed by atoms with E-state index < -0.39 is 20.3 Å².